The number of halogens is 1. The van der Waals surface area contributed by atoms with E-state index in [4.69, 9.17) is 16.7 Å². The number of hydrogen-bond acceptors (Lipinski definition) is 4. The molecule has 1 fully saturated rings. The fourth-order valence-corrected chi connectivity index (χ4v) is 3.79. The van der Waals surface area contributed by atoms with Crippen LogP contribution in [0.25, 0.3) is 0 Å². The van der Waals surface area contributed by atoms with Gasteiger partial charge in [0.15, 0.2) is 0 Å². The Morgan fingerprint density at radius 3 is 2.65 bits per heavy atom. The third kappa shape index (κ3) is 4.13. The van der Waals surface area contributed by atoms with E-state index >= 15 is 0 Å². The zero-order valence-electron chi connectivity index (χ0n) is 8.61. The van der Waals surface area contributed by atoms with Crippen LogP contribution in [0.15, 0.2) is 5.38 Å². The Kier molecular flexibility index (Phi) is 6.87. The van der Waals surface area contributed by atoms with Gasteiger partial charge in [0.1, 0.15) is 4.88 Å². The Labute approximate surface area is 136 Å². The number of carboxylic acid groups (broad SMARTS) is 1. The van der Waals surface area contributed by atoms with Gasteiger partial charge >= 0.3 is 35.5 Å². The molecule has 0 saturated carbocycles. The van der Waals surface area contributed by atoms with Gasteiger partial charge in [0.2, 0.25) is 0 Å². The third-order valence-corrected chi connectivity index (χ3v) is 5.00. The Hall–Kier alpha value is 0.770. The first-order valence-electron chi connectivity index (χ1n) is 4.97. The van der Waals surface area contributed by atoms with Crippen LogP contribution >= 0.6 is 34.7 Å². The molecule has 2 rings (SSSR count). The Morgan fingerprint density at radius 1 is 1.47 bits per heavy atom. The first kappa shape index (κ1) is 15.8. The molecule has 90 valence electrons. The van der Waals surface area contributed by atoms with Gasteiger partial charge in [0, 0.05) is 31.1 Å². The number of rotatable bonds is 3. The molecule has 0 amide bonds. The molecule has 0 aromatic carbocycles. The number of carboxylic acids is 1. The van der Waals surface area contributed by atoms with E-state index < -0.39 is 5.97 Å². The normalized spacial score (nSPS) is 16.5. The molecule has 1 aromatic rings. The van der Waals surface area contributed by atoms with Crippen LogP contribution in [-0.4, -0.2) is 70.1 Å². The predicted molar refractivity (Wildman–Crippen MR) is 76.0 cm³/mol. The summed E-state index contributed by atoms with van der Waals surface area (Å²) < 4.78 is 0. The average Bonchev–Trinajstić information content (AvgIpc) is 2.62. The molecule has 0 bridgehead atoms. The van der Waals surface area contributed by atoms with Gasteiger partial charge in [0.05, 0.1) is 5.02 Å². The van der Waals surface area contributed by atoms with Crippen LogP contribution in [-0.2, 0) is 6.54 Å². The molecular formula is C10H13ClNNaO2S2. The Morgan fingerprint density at radius 2 is 2.12 bits per heavy atom. The van der Waals surface area contributed by atoms with Crippen molar-refractivity contribution in [2.75, 3.05) is 24.6 Å². The van der Waals surface area contributed by atoms with Crippen LogP contribution in [0.2, 0.25) is 5.02 Å². The van der Waals surface area contributed by atoms with Gasteiger partial charge in [-0.25, -0.2) is 4.79 Å². The van der Waals surface area contributed by atoms with Gasteiger partial charge in [-0.1, -0.05) is 11.6 Å². The van der Waals surface area contributed by atoms with E-state index in [-0.39, 0.29) is 34.4 Å². The molecular weight excluding hydrogens is 289 g/mol. The predicted octanol–water partition coefficient (Wildman–Crippen LogP) is 2.00. The van der Waals surface area contributed by atoms with E-state index in [0.29, 0.717) is 5.02 Å². The van der Waals surface area contributed by atoms with Crippen LogP contribution in [0.1, 0.15) is 15.2 Å². The number of thioether (sulfide) groups is 1. The van der Waals surface area contributed by atoms with E-state index in [2.05, 4.69) is 4.90 Å². The van der Waals surface area contributed by atoms with Crippen molar-refractivity contribution in [3.05, 3.63) is 20.8 Å². The second kappa shape index (κ2) is 7.38. The first-order chi connectivity index (χ1) is 7.68. The average molecular weight is 302 g/mol. The van der Waals surface area contributed by atoms with Gasteiger partial charge in [0.25, 0.3) is 0 Å². The molecule has 1 aliphatic rings. The molecule has 17 heavy (non-hydrogen) atoms. The molecule has 0 radical (unpaired) electrons. The van der Waals surface area contributed by atoms with Crippen LogP contribution in [0.4, 0.5) is 0 Å². The molecule has 0 unspecified atom stereocenters. The number of nitrogens with zero attached hydrogens (tertiary/aromatic N) is 1. The molecule has 1 aromatic heterocycles. The van der Waals surface area contributed by atoms with Crippen molar-refractivity contribution >= 4 is 70.2 Å². The summed E-state index contributed by atoms with van der Waals surface area (Å²) in [4.78, 5) is 13.4. The quantitative estimate of drug-likeness (QED) is 0.867. The van der Waals surface area contributed by atoms with Crippen molar-refractivity contribution in [3.8, 4) is 0 Å². The van der Waals surface area contributed by atoms with E-state index in [1.165, 1.54) is 11.3 Å². The Bertz CT molecular complexity index is 394. The summed E-state index contributed by atoms with van der Waals surface area (Å²) in [7, 11) is 0. The molecule has 0 atom stereocenters. The van der Waals surface area contributed by atoms with Crippen molar-refractivity contribution in [1.82, 2.24) is 4.90 Å². The van der Waals surface area contributed by atoms with Gasteiger partial charge in [-0.15, -0.1) is 11.3 Å². The summed E-state index contributed by atoms with van der Waals surface area (Å²) >= 11 is 9.20. The number of hydrogen-bond donors (Lipinski definition) is 1. The van der Waals surface area contributed by atoms with Crippen molar-refractivity contribution in [2.24, 2.45) is 0 Å². The van der Waals surface area contributed by atoms with Crippen molar-refractivity contribution in [3.63, 3.8) is 0 Å². The first-order valence-corrected chi connectivity index (χ1v) is 7.39. The summed E-state index contributed by atoms with van der Waals surface area (Å²) in [5.74, 6) is 1.36. The standard InChI is InChI=1S/C10H12ClNO2S2.Na.H/c11-8-7(6-16-9(8)10(13)14)5-12-1-3-15-4-2-12;;/h6H,1-5H2,(H,13,14);;. The molecule has 3 nitrogen and oxygen atoms in total. The Balaban J connectivity index is 0.00000144. The van der Waals surface area contributed by atoms with Gasteiger partial charge in [-0.2, -0.15) is 11.8 Å². The zero-order valence-corrected chi connectivity index (χ0v) is 11.0. The van der Waals surface area contributed by atoms with Crippen LogP contribution < -0.4 is 0 Å². The molecule has 7 heteroatoms. The van der Waals surface area contributed by atoms with E-state index in [1.807, 2.05) is 17.1 Å². The van der Waals surface area contributed by atoms with Crippen molar-refractivity contribution in [2.45, 2.75) is 6.54 Å². The number of aromatic carboxylic acids is 1. The molecule has 1 aliphatic heterocycles. The third-order valence-electron chi connectivity index (χ3n) is 2.49. The van der Waals surface area contributed by atoms with Gasteiger partial charge in [-0.3, -0.25) is 4.90 Å². The SMILES string of the molecule is O=C(O)c1scc(CN2CCSCC2)c1Cl.[NaH]. The molecule has 0 aliphatic carbocycles. The van der Waals surface area contributed by atoms with E-state index in [1.54, 1.807) is 0 Å². The van der Waals surface area contributed by atoms with Gasteiger partial charge < -0.3 is 5.11 Å². The van der Waals surface area contributed by atoms with Crippen molar-refractivity contribution < 1.29 is 9.90 Å². The summed E-state index contributed by atoms with van der Waals surface area (Å²) in [5, 5.41) is 11.2. The molecule has 1 saturated heterocycles. The number of thiophene rings is 1. The summed E-state index contributed by atoms with van der Waals surface area (Å²) in [5.41, 5.74) is 0.941. The maximum absolute atomic E-state index is 10.8. The topological polar surface area (TPSA) is 40.5 Å². The monoisotopic (exact) mass is 301 g/mol. The van der Waals surface area contributed by atoms with E-state index in [0.717, 1.165) is 36.7 Å². The fraction of sp³-hybridized carbons (Fsp3) is 0.500. The van der Waals surface area contributed by atoms with Crippen LogP contribution in [0, 0.1) is 0 Å². The van der Waals surface area contributed by atoms with Crippen LogP contribution in [0.5, 0.6) is 0 Å². The second-order valence-corrected chi connectivity index (χ2v) is 6.08. The summed E-state index contributed by atoms with van der Waals surface area (Å²) in [6, 6.07) is 0. The minimum absolute atomic E-state index is 0. The zero-order chi connectivity index (χ0) is 11.5. The molecule has 0 spiro atoms. The maximum atomic E-state index is 10.8. The summed E-state index contributed by atoms with van der Waals surface area (Å²) in [6.45, 7) is 2.88. The second-order valence-electron chi connectivity index (χ2n) is 3.60. The number of carbonyl (C=O) groups is 1. The van der Waals surface area contributed by atoms with E-state index in [9.17, 15) is 4.79 Å². The van der Waals surface area contributed by atoms with Gasteiger partial charge in [-0.05, 0) is 10.9 Å². The van der Waals surface area contributed by atoms with Crippen molar-refractivity contribution in [1.29, 1.82) is 0 Å². The fourth-order valence-electron chi connectivity index (χ4n) is 1.63. The summed E-state index contributed by atoms with van der Waals surface area (Å²) in [6.07, 6.45) is 0. The van der Waals surface area contributed by atoms with Crippen LogP contribution in [0.3, 0.4) is 0 Å². The molecule has 2 heterocycles. The minimum atomic E-state index is -0.935. The molecule has 1 N–H and O–H groups in total.